The number of benzene rings is 1. The van der Waals surface area contributed by atoms with E-state index in [-0.39, 0.29) is 5.91 Å². The fourth-order valence-corrected chi connectivity index (χ4v) is 3.08. The maximum atomic E-state index is 12.4. The summed E-state index contributed by atoms with van der Waals surface area (Å²) in [6.45, 7) is 12.3. The van der Waals surface area contributed by atoms with E-state index in [1.165, 1.54) is 5.56 Å². The van der Waals surface area contributed by atoms with Crippen molar-refractivity contribution in [3.63, 3.8) is 0 Å². The molecule has 0 aromatic heterocycles. The van der Waals surface area contributed by atoms with Gasteiger partial charge in [-0.25, -0.2) is 0 Å². The molecular weight excluding hydrogens is 316 g/mol. The number of ether oxygens (including phenoxy) is 2. The Bertz CT molecular complexity index is 524. The van der Waals surface area contributed by atoms with Gasteiger partial charge in [0.25, 0.3) is 5.91 Å². The van der Waals surface area contributed by atoms with E-state index in [9.17, 15) is 4.79 Å². The van der Waals surface area contributed by atoms with Crippen LogP contribution in [0.4, 0.5) is 0 Å². The van der Waals surface area contributed by atoms with Crippen molar-refractivity contribution in [1.29, 1.82) is 0 Å². The molecule has 0 bridgehead atoms. The first kappa shape index (κ1) is 19.7. The van der Waals surface area contributed by atoms with Crippen LogP contribution in [0.15, 0.2) is 24.3 Å². The fraction of sp³-hybridized carbons (Fsp3) is 0.650. The normalized spacial score (nSPS) is 18.0. The molecule has 1 N–H and O–H groups in total. The predicted octanol–water partition coefficient (Wildman–Crippen LogP) is 2.63. The van der Waals surface area contributed by atoms with Crippen LogP contribution in [-0.4, -0.2) is 55.8 Å². The molecule has 0 aliphatic carbocycles. The molecule has 1 fully saturated rings. The van der Waals surface area contributed by atoms with Crippen LogP contribution in [0.5, 0.6) is 5.75 Å². The number of rotatable bonds is 8. The Morgan fingerprint density at radius 1 is 1.20 bits per heavy atom. The number of amides is 1. The highest BCUT2D eigenvalue weighted by atomic mass is 16.5. The van der Waals surface area contributed by atoms with Gasteiger partial charge in [0.2, 0.25) is 0 Å². The largest absolute Gasteiger partial charge is 0.481 e. The van der Waals surface area contributed by atoms with E-state index in [1.54, 1.807) is 6.92 Å². The highest BCUT2D eigenvalue weighted by molar-refractivity contribution is 5.80. The van der Waals surface area contributed by atoms with Crippen molar-refractivity contribution in [3.8, 4) is 5.75 Å². The van der Waals surface area contributed by atoms with Crippen molar-refractivity contribution in [2.24, 2.45) is 5.92 Å². The average Bonchev–Trinajstić information content (AvgIpc) is 2.60. The van der Waals surface area contributed by atoms with Gasteiger partial charge in [-0.05, 0) is 38.3 Å². The molecule has 0 saturated carbocycles. The minimum Gasteiger partial charge on any atom is -0.481 e. The first-order valence-corrected chi connectivity index (χ1v) is 9.28. The lowest BCUT2D eigenvalue weighted by atomic mass is 10.0. The van der Waals surface area contributed by atoms with Gasteiger partial charge < -0.3 is 14.8 Å². The molecule has 5 nitrogen and oxygen atoms in total. The Morgan fingerprint density at radius 2 is 1.84 bits per heavy atom. The first-order chi connectivity index (χ1) is 12.0. The lowest BCUT2D eigenvalue weighted by Gasteiger charge is -2.35. The van der Waals surface area contributed by atoms with Crippen LogP contribution in [-0.2, 0) is 9.53 Å². The second-order valence-electron chi connectivity index (χ2n) is 7.25. The standard InChI is InChI=1S/C20H32N2O3/c1-15(2)13-18(22-9-11-24-12-10-22)14-21-20(23)17(4)25-19-7-5-16(3)6-8-19/h5-8,15,17-18H,9-14H2,1-4H3,(H,21,23). The molecule has 140 valence electrons. The number of aryl methyl sites for hydroxylation is 1. The summed E-state index contributed by atoms with van der Waals surface area (Å²) in [5.74, 6) is 1.24. The Balaban J connectivity index is 1.84. The molecule has 0 radical (unpaired) electrons. The van der Waals surface area contributed by atoms with Crippen molar-refractivity contribution >= 4 is 5.91 Å². The topological polar surface area (TPSA) is 50.8 Å². The molecule has 1 aromatic rings. The van der Waals surface area contributed by atoms with Gasteiger partial charge in [-0.3, -0.25) is 9.69 Å². The summed E-state index contributed by atoms with van der Waals surface area (Å²) in [5, 5.41) is 3.07. The molecule has 2 atom stereocenters. The molecule has 1 aromatic carbocycles. The second kappa shape index (κ2) is 9.78. The molecular formula is C20H32N2O3. The summed E-state index contributed by atoms with van der Waals surface area (Å²) in [7, 11) is 0. The van der Waals surface area contributed by atoms with Crippen LogP contribution in [0.25, 0.3) is 0 Å². The maximum Gasteiger partial charge on any atom is 0.260 e. The van der Waals surface area contributed by atoms with Gasteiger partial charge in [0.1, 0.15) is 5.75 Å². The van der Waals surface area contributed by atoms with Gasteiger partial charge in [0, 0.05) is 25.7 Å². The average molecular weight is 348 g/mol. The zero-order valence-corrected chi connectivity index (χ0v) is 16.0. The lowest BCUT2D eigenvalue weighted by Crippen LogP contribution is -2.50. The van der Waals surface area contributed by atoms with Gasteiger partial charge in [-0.1, -0.05) is 31.5 Å². The maximum absolute atomic E-state index is 12.4. The van der Waals surface area contributed by atoms with Crippen LogP contribution >= 0.6 is 0 Å². The molecule has 2 rings (SSSR count). The van der Waals surface area contributed by atoms with Crippen LogP contribution in [0, 0.1) is 12.8 Å². The first-order valence-electron chi connectivity index (χ1n) is 9.28. The van der Waals surface area contributed by atoms with Gasteiger partial charge >= 0.3 is 0 Å². The third kappa shape index (κ3) is 6.67. The number of hydrogen-bond donors (Lipinski definition) is 1. The predicted molar refractivity (Wildman–Crippen MR) is 99.9 cm³/mol. The fourth-order valence-electron chi connectivity index (χ4n) is 3.08. The van der Waals surface area contributed by atoms with Crippen molar-refractivity contribution in [2.45, 2.75) is 46.3 Å². The Morgan fingerprint density at radius 3 is 2.44 bits per heavy atom. The van der Waals surface area contributed by atoms with E-state index < -0.39 is 6.10 Å². The molecule has 1 aliphatic rings. The lowest BCUT2D eigenvalue weighted by molar-refractivity contribution is -0.127. The molecule has 1 heterocycles. The highest BCUT2D eigenvalue weighted by Gasteiger charge is 2.23. The molecule has 1 amide bonds. The minimum absolute atomic E-state index is 0.0670. The van der Waals surface area contributed by atoms with E-state index >= 15 is 0 Å². The molecule has 0 spiro atoms. The van der Waals surface area contributed by atoms with Gasteiger partial charge in [-0.15, -0.1) is 0 Å². The number of carbonyl (C=O) groups is 1. The van der Waals surface area contributed by atoms with E-state index in [1.807, 2.05) is 31.2 Å². The summed E-state index contributed by atoms with van der Waals surface area (Å²) in [5.41, 5.74) is 1.17. The van der Waals surface area contributed by atoms with Crippen LogP contribution < -0.4 is 10.1 Å². The highest BCUT2D eigenvalue weighted by Crippen LogP contribution is 2.15. The minimum atomic E-state index is -0.507. The van der Waals surface area contributed by atoms with Crippen molar-refractivity contribution in [2.75, 3.05) is 32.8 Å². The molecule has 1 aliphatic heterocycles. The SMILES string of the molecule is Cc1ccc(OC(C)C(=O)NCC(CC(C)C)N2CCOCC2)cc1. The van der Waals surface area contributed by atoms with Crippen molar-refractivity contribution in [1.82, 2.24) is 10.2 Å². The number of nitrogens with one attached hydrogen (secondary N) is 1. The van der Waals surface area contributed by atoms with Gasteiger partial charge in [0.15, 0.2) is 6.10 Å². The van der Waals surface area contributed by atoms with Crippen LogP contribution in [0.3, 0.4) is 0 Å². The quantitative estimate of drug-likeness (QED) is 0.785. The van der Waals surface area contributed by atoms with Gasteiger partial charge in [0.05, 0.1) is 13.2 Å². The number of hydrogen-bond acceptors (Lipinski definition) is 4. The van der Waals surface area contributed by atoms with Crippen molar-refractivity contribution < 1.29 is 14.3 Å². The number of morpholine rings is 1. The smallest absolute Gasteiger partial charge is 0.260 e. The third-order valence-corrected chi connectivity index (χ3v) is 4.52. The summed E-state index contributed by atoms with van der Waals surface area (Å²) in [6, 6.07) is 8.11. The molecule has 1 saturated heterocycles. The summed E-state index contributed by atoms with van der Waals surface area (Å²) in [6.07, 6.45) is 0.556. The van der Waals surface area contributed by atoms with E-state index in [4.69, 9.17) is 9.47 Å². The molecule has 25 heavy (non-hydrogen) atoms. The monoisotopic (exact) mass is 348 g/mol. The van der Waals surface area contributed by atoms with Crippen molar-refractivity contribution in [3.05, 3.63) is 29.8 Å². The van der Waals surface area contributed by atoms with Crippen LogP contribution in [0.2, 0.25) is 0 Å². The van der Waals surface area contributed by atoms with E-state index in [2.05, 4.69) is 24.1 Å². The zero-order valence-electron chi connectivity index (χ0n) is 16.0. The zero-order chi connectivity index (χ0) is 18.2. The van der Waals surface area contributed by atoms with Gasteiger partial charge in [-0.2, -0.15) is 0 Å². The Kier molecular flexibility index (Phi) is 7.72. The Labute approximate surface area is 151 Å². The molecule has 5 heteroatoms. The van der Waals surface area contributed by atoms with Crippen LogP contribution in [0.1, 0.15) is 32.8 Å². The third-order valence-electron chi connectivity index (χ3n) is 4.52. The summed E-state index contributed by atoms with van der Waals surface area (Å²) >= 11 is 0. The van der Waals surface area contributed by atoms with E-state index in [0.717, 1.165) is 38.5 Å². The number of nitrogens with zero attached hydrogens (tertiary/aromatic N) is 1. The Hall–Kier alpha value is -1.59. The number of carbonyl (C=O) groups excluding carboxylic acids is 1. The summed E-state index contributed by atoms with van der Waals surface area (Å²) < 4.78 is 11.2. The van der Waals surface area contributed by atoms with E-state index in [0.29, 0.717) is 18.5 Å². The molecule has 2 unspecified atom stereocenters. The second-order valence-corrected chi connectivity index (χ2v) is 7.25. The summed E-state index contributed by atoms with van der Waals surface area (Å²) in [4.78, 5) is 14.8.